The van der Waals surface area contributed by atoms with E-state index in [9.17, 15) is 4.79 Å². The van der Waals surface area contributed by atoms with Gasteiger partial charge in [0.05, 0.1) is 22.9 Å². The van der Waals surface area contributed by atoms with Crippen molar-refractivity contribution in [2.75, 3.05) is 0 Å². The Morgan fingerprint density at radius 3 is 2.78 bits per heavy atom. The Balaban J connectivity index is 1.29. The van der Waals surface area contributed by atoms with Crippen LogP contribution in [0, 0.1) is 11.3 Å². The Morgan fingerprint density at radius 2 is 2.04 bits per heavy atom. The second kappa shape index (κ2) is 7.46. The predicted octanol–water partition coefficient (Wildman–Crippen LogP) is 2.95. The zero-order valence-electron chi connectivity index (χ0n) is 14.7. The van der Waals surface area contributed by atoms with Gasteiger partial charge in [0.1, 0.15) is 12.2 Å². The minimum Gasteiger partial charge on any atom is -0.474 e. The Kier molecular flexibility index (Phi) is 4.71. The highest BCUT2D eigenvalue weighted by Crippen LogP contribution is 2.23. The number of nitrogens with zero attached hydrogens (tertiary/aromatic N) is 3. The summed E-state index contributed by atoms with van der Waals surface area (Å²) >= 11 is 0. The van der Waals surface area contributed by atoms with Crippen LogP contribution in [-0.2, 0) is 0 Å². The summed E-state index contributed by atoms with van der Waals surface area (Å²) in [7, 11) is 0. The molecular formula is C20H19N5O2. The van der Waals surface area contributed by atoms with Crippen LogP contribution in [0.1, 0.15) is 41.6 Å². The van der Waals surface area contributed by atoms with Gasteiger partial charge in [-0.25, -0.2) is 9.97 Å². The van der Waals surface area contributed by atoms with Crippen LogP contribution in [0.5, 0.6) is 5.88 Å². The summed E-state index contributed by atoms with van der Waals surface area (Å²) in [5.41, 5.74) is 2.85. The molecule has 136 valence electrons. The summed E-state index contributed by atoms with van der Waals surface area (Å²) in [5.74, 6) is 0.471. The van der Waals surface area contributed by atoms with E-state index in [1.165, 1.54) is 6.20 Å². The molecule has 1 aliphatic rings. The molecule has 2 aromatic heterocycles. The van der Waals surface area contributed by atoms with E-state index < -0.39 is 0 Å². The van der Waals surface area contributed by atoms with Crippen LogP contribution in [0.3, 0.4) is 0 Å². The summed E-state index contributed by atoms with van der Waals surface area (Å²) in [6.45, 7) is 0. The zero-order valence-corrected chi connectivity index (χ0v) is 14.7. The number of benzene rings is 1. The number of carbonyl (C=O) groups is 1. The van der Waals surface area contributed by atoms with Crippen LogP contribution in [0.4, 0.5) is 0 Å². The molecule has 27 heavy (non-hydrogen) atoms. The van der Waals surface area contributed by atoms with Crippen molar-refractivity contribution in [2.45, 2.75) is 37.8 Å². The monoisotopic (exact) mass is 361 g/mol. The van der Waals surface area contributed by atoms with Crippen molar-refractivity contribution in [3.05, 3.63) is 54.0 Å². The molecule has 1 aliphatic carbocycles. The average molecular weight is 361 g/mol. The summed E-state index contributed by atoms with van der Waals surface area (Å²) in [6.07, 6.45) is 6.64. The number of aromatic amines is 1. The molecule has 7 heteroatoms. The number of rotatable bonds is 4. The van der Waals surface area contributed by atoms with Crippen LogP contribution >= 0.6 is 0 Å². The largest absolute Gasteiger partial charge is 0.474 e. The minimum absolute atomic E-state index is 0.0652. The first-order chi connectivity index (χ1) is 13.2. The molecular weight excluding hydrogens is 342 g/mol. The van der Waals surface area contributed by atoms with Gasteiger partial charge in [-0.15, -0.1) is 0 Å². The zero-order chi connectivity index (χ0) is 18.6. The van der Waals surface area contributed by atoms with E-state index in [4.69, 9.17) is 10.00 Å². The van der Waals surface area contributed by atoms with Crippen molar-refractivity contribution in [2.24, 2.45) is 0 Å². The van der Waals surface area contributed by atoms with Gasteiger partial charge in [-0.3, -0.25) is 4.79 Å². The van der Waals surface area contributed by atoms with E-state index in [2.05, 4.69) is 20.3 Å². The molecule has 7 nitrogen and oxygen atoms in total. The number of carbonyl (C=O) groups excluding carboxylic acids is 1. The van der Waals surface area contributed by atoms with E-state index in [-0.39, 0.29) is 18.1 Å². The molecule has 0 radical (unpaired) electrons. The van der Waals surface area contributed by atoms with Gasteiger partial charge < -0.3 is 15.0 Å². The van der Waals surface area contributed by atoms with Gasteiger partial charge in [-0.05, 0) is 49.9 Å². The smallest absolute Gasteiger partial charge is 0.251 e. The van der Waals surface area contributed by atoms with Gasteiger partial charge in [0, 0.05) is 23.9 Å². The molecule has 1 amide bonds. The van der Waals surface area contributed by atoms with E-state index in [1.807, 2.05) is 18.2 Å². The molecule has 0 bridgehead atoms. The third-order valence-corrected chi connectivity index (χ3v) is 4.84. The van der Waals surface area contributed by atoms with Crippen molar-refractivity contribution in [3.8, 4) is 11.9 Å². The fourth-order valence-corrected chi connectivity index (χ4v) is 3.36. The van der Waals surface area contributed by atoms with Gasteiger partial charge in [0.2, 0.25) is 5.88 Å². The number of H-pyrrole nitrogens is 1. The number of hydrogen-bond acceptors (Lipinski definition) is 5. The lowest BCUT2D eigenvalue weighted by Crippen LogP contribution is -2.39. The molecule has 1 saturated carbocycles. The molecule has 1 aromatic carbocycles. The number of ether oxygens (including phenoxy) is 1. The van der Waals surface area contributed by atoms with E-state index in [0.29, 0.717) is 17.0 Å². The fourth-order valence-electron chi connectivity index (χ4n) is 3.36. The van der Waals surface area contributed by atoms with Gasteiger partial charge in [-0.1, -0.05) is 0 Å². The standard InChI is InChI=1S/C20H19N5O2/c21-10-13-1-8-19(22-11-13)27-16-5-3-15(4-6-16)25-20(26)14-2-7-17-18(9-14)24-12-23-17/h1-2,7-9,11-12,15-16H,3-6H2,(H,23,24)(H,25,26). The third kappa shape index (κ3) is 3.90. The number of nitriles is 1. The SMILES string of the molecule is N#Cc1ccc(OC2CCC(NC(=O)c3ccc4nc[nH]c4c3)CC2)nc1. The molecule has 1 fully saturated rings. The Bertz CT molecular complexity index is 982. The maximum Gasteiger partial charge on any atom is 0.251 e. The number of fused-ring (bicyclic) bond motifs is 1. The van der Waals surface area contributed by atoms with E-state index in [0.717, 1.165) is 36.7 Å². The molecule has 4 rings (SSSR count). The molecule has 3 aromatic rings. The lowest BCUT2D eigenvalue weighted by Gasteiger charge is -2.29. The average Bonchev–Trinajstić information content (AvgIpc) is 3.18. The molecule has 2 N–H and O–H groups in total. The first-order valence-electron chi connectivity index (χ1n) is 8.98. The normalized spacial score (nSPS) is 19.4. The highest BCUT2D eigenvalue weighted by molar-refractivity contribution is 5.97. The maximum atomic E-state index is 12.5. The van der Waals surface area contributed by atoms with Crippen molar-refractivity contribution in [1.82, 2.24) is 20.3 Å². The predicted molar refractivity (Wildman–Crippen MR) is 99.2 cm³/mol. The maximum absolute atomic E-state index is 12.5. The quantitative estimate of drug-likeness (QED) is 0.743. The highest BCUT2D eigenvalue weighted by Gasteiger charge is 2.24. The van der Waals surface area contributed by atoms with Crippen molar-refractivity contribution < 1.29 is 9.53 Å². The summed E-state index contributed by atoms with van der Waals surface area (Å²) < 4.78 is 5.89. The number of pyridine rings is 1. The van der Waals surface area contributed by atoms with Gasteiger partial charge >= 0.3 is 0 Å². The number of aromatic nitrogens is 3. The van der Waals surface area contributed by atoms with Crippen LogP contribution in [0.2, 0.25) is 0 Å². The van der Waals surface area contributed by atoms with E-state index >= 15 is 0 Å². The summed E-state index contributed by atoms with van der Waals surface area (Å²) in [6, 6.07) is 11.1. The number of amides is 1. The molecule has 0 aliphatic heterocycles. The molecule has 0 saturated heterocycles. The minimum atomic E-state index is -0.0652. The van der Waals surface area contributed by atoms with Gasteiger partial charge in [0.25, 0.3) is 5.91 Å². The Morgan fingerprint density at radius 1 is 1.19 bits per heavy atom. The lowest BCUT2D eigenvalue weighted by atomic mass is 9.92. The highest BCUT2D eigenvalue weighted by atomic mass is 16.5. The topological polar surface area (TPSA) is 104 Å². The molecule has 0 unspecified atom stereocenters. The van der Waals surface area contributed by atoms with Crippen molar-refractivity contribution >= 4 is 16.9 Å². The Labute approximate surface area is 156 Å². The lowest BCUT2D eigenvalue weighted by molar-refractivity contribution is 0.0890. The van der Waals surface area contributed by atoms with Crippen LogP contribution < -0.4 is 10.1 Å². The summed E-state index contributed by atoms with van der Waals surface area (Å²) in [4.78, 5) is 23.8. The first-order valence-corrected chi connectivity index (χ1v) is 8.98. The number of hydrogen-bond donors (Lipinski definition) is 2. The molecule has 0 atom stereocenters. The van der Waals surface area contributed by atoms with E-state index in [1.54, 1.807) is 24.5 Å². The van der Waals surface area contributed by atoms with Gasteiger partial charge in [-0.2, -0.15) is 5.26 Å². The Hall–Kier alpha value is -3.40. The van der Waals surface area contributed by atoms with Crippen molar-refractivity contribution in [3.63, 3.8) is 0 Å². The molecule has 0 spiro atoms. The van der Waals surface area contributed by atoms with Crippen LogP contribution in [0.25, 0.3) is 11.0 Å². The first kappa shape index (κ1) is 17.0. The molecule has 2 heterocycles. The van der Waals surface area contributed by atoms with Crippen LogP contribution in [0.15, 0.2) is 42.9 Å². The summed E-state index contributed by atoms with van der Waals surface area (Å²) in [5, 5.41) is 11.9. The second-order valence-electron chi connectivity index (χ2n) is 6.70. The third-order valence-electron chi connectivity index (χ3n) is 4.84. The van der Waals surface area contributed by atoms with Crippen LogP contribution in [-0.4, -0.2) is 33.0 Å². The van der Waals surface area contributed by atoms with Gasteiger partial charge in [0.15, 0.2) is 0 Å². The second-order valence-corrected chi connectivity index (χ2v) is 6.70. The number of imidazole rings is 1. The number of nitrogens with one attached hydrogen (secondary N) is 2. The van der Waals surface area contributed by atoms with Crippen molar-refractivity contribution in [1.29, 1.82) is 5.26 Å². The fraction of sp³-hybridized carbons (Fsp3) is 0.300.